The van der Waals surface area contributed by atoms with Gasteiger partial charge in [0.15, 0.2) is 0 Å². The minimum Gasteiger partial charge on any atom is -0.399 e. The molecule has 1 aromatic rings. The lowest BCUT2D eigenvalue weighted by Gasteiger charge is -2.06. The second kappa shape index (κ2) is 4.34. The summed E-state index contributed by atoms with van der Waals surface area (Å²) in [4.78, 5) is 11.9. The molecule has 4 heteroatoms. The first kappa shape index (κ1) is 11.3. The third kappa shape index (κ3) is 2.30. The van der Waals surface area contributed by atoms with Crippen LogP contribution in [-0.2, 0) is 0 Å². The van der Waals surface area contributed by atoms with E-state index in [1.54, 1.807) is 18.2 Å². The largest absolute Gasteiger partial charge is 0.399 e. The van der Waals surface area contributed by atoms with Gasteiger partial charge in [-0.3, -0.25) is 4.79 Å². The van der Waals surface area contributed by atoms with Crippen molar-refractivity contribution in [2.75, 3.05) is 5.73 Å². The molecule has 16 heavy (non-hydrogen) atoms. The maximum atomic E-state index is 11.9. The van der Waals surface area contributed by atoms with Crippen molar-refractivity contribution in [3.05, 3.63) is 28.8 Å². The van der Waals surface area contributed by atoms with E-state index in [2.05, 4.69) is 12.2 Å². The third-order valence-corrected chi connectivity index (χ3v) is 3.31. The summed E-state index contributed by atoms with van der Waals surface area (Å²) in [6, 6.07) is 5.27. The summed E-state index contributed by atoms with van der Waals surface area (Å²) >= 11 is 5.96. The van der Waals surface area contributed by atoms with Crippen LogP contribution in [-0.4, -0.2) is 11.9 Å². The molecule has 0 heterocycles. The maximum absolute atomic E-state index is 11.9. The SMILES string of the molecule is CCC1CC1NC(=O)c1ccc(N)cc1Cl. The second-order valence-corrected chi connectivity index (χ2v) is 4.63. The third-order valence-electron chi connectivity index (χ3n) is 3.00. The van der Waals surface area contributed by atoms with Crippen LogP contribution < -0.4 is 11.1 Å². The molecule has 0 saturated heterocycles. The predicted octanol–water partition coefficient (Wildman–Crippen LogP) is 2.45. The highest BCUT2D eigenvalue weighted by Gasteiger charge is 2.36. The fourth-order valence-electron chi connectivity index (χ4n) is 1.84. The monoisotopic (exact) mass is 238 g/mol. The highest BCUT2D eigenvalue weighted by Crippen LogP contribution is 2.33. The highest BCUT2D eigenvalue weighted by molar-refractivity contribution is 6.34. The van der Waals surface area contributed by atoms with E-state index in [1.807, 2.05) is 0 Å². The van der Waals surface area contributed by atoms with E-state index < -0.39 is 0 Å². The predicted molar refractivity (Wildman–Crippen MR) is 65.5 cm³/mol. The van der Waals surface area contributed by atoms with Crippen LogP contribution in [0.4, 0.5) is 5.69 Å². The molecule has 1 aliphatic carbocycles. The van der Waals surface area contributed by atoms with Crippen molar-refractivity contribution in [3.63, 3.8) is 0 Å². The topological polar surface area (TPSA) is 55.1 Å². The fourth-order valence-corrected chi connectivity index (χ4v) is 2.11. The number of carbonyl (C=O) groups excluding carboxylic acids is 1. The molecule has 1 saturated carbocycles. The lowest BCUT2D eigenvalue weighted by atomic mass is 10.2. The molecule has 0 aliphatic heterocycles. The van der Waals surface area contributed by atoms with E-state index in [1.165, 1.54) is 0 Å². The molecule has 0 spiro atoms. The molecule has 1 aliphatic rings. The van der Waals surface area contributed by atoms with Crippen molar-refractivity contribution >= 4 is 23.2 Å². The number of anilines is 1. The van der Waals surface area contributed by atoms with Crippen LogP contribution in [0.5, 0.6) is 0 Å². The van der Waals surface area contributed by atoms with Gasteiger partial charge in [0.1, 0.15) is 0 Å². The van der Waals surface area contributed by atoms with Crippen molar-refractivity contribution in [1.82, 2.24) is 5.32 Å². The molecule has 3 nitrogen and oxygen atoms in total. The van der Waals surface area contributed by atoms with Gasteiger partial charge in [0.2, 0.25) is 0 Å². The summed E-state index contributed by atoms with van der Waals surface area (Å²) in [5.41, 5.74) is 6.64. The second-order valence-electron chi connectivity index (χ2n) is 4.22. The molecule has 0 bridgehead atoms. The van der Waals surface area contributed by atoms with Gasteiger partial charge in [0.25, 0.3) is 5.91 Å². The average Bonchev–Trinajstić information content (AvgIpc) is 2.96. The molecule has 2 unspecified atom stereocenters. The summed E-state index contributed by atoms with van der Waals surface area (Å²) in [6.45, 7) is 2.13. The Morgan fingerprint density at radius 1 is 1.62 bits per heavy atom. The molecular weight excluding hydrogens is 224 g/mol. The lowest BCUT2D eigenvalue weighted by molar-refractivity contribution is 0.0949. The molecule has 1 aromatic carbocycles. The summed E-state index contributed by atoms with van der Waals surface area (Å²) in [6.07, 6.45) is 2.19. The van der Waals surface area contributed by atoms with Gasteiger partial charge in [-0.05, 0) is 30.5 Å². The number of benzene rings is 1. The minimum atomic E-state index is -0.106. The number of nitrogens with two attached hydrogens (primary N) is 1. The van der Waals surface area contributed by atoms with E-state index >= 15 is 0 Å². The minimum absolute atomic E-state index is 0.106. The zero-order valence-corrected chi connectivity index (χ0v) is 9.92. The summed E-state index contributed by atoms with van der Waals surface area (Å²) in [5.74, 6) is 0.530. The van der Waals surface area contributed by atoms with Crippen molar-refractivity contribution < 1.29 is 4.79 Å². The smallest absolute Gasteiger partial charge is 0.253 e. The first-order chi connectivity index (χ1) is 7.61. The molecule has 1 amide bonds. The molecule has 2 rings (SSSR count). The van der Waals surface area contributed by atoms with E-state index in [0.29, 0.717) is 28.2 Å². The van der Waals surface area contributed by atoms with Gasteiger partial charge in [0.05, 0.1) is 10.6 Å². The Labute approximate surface area is 100.0 Å². The highest BCUT2D eigenvalue weighted by atomic mass is 35.5. The summed E-state index contributed by atoms with van der Waals surface area (Å²) in [7, 11) is 0. The van der Waals surface area contributed by atoms with Gasteiger partial charge in [-0.25, -0.2) is 0 Å². The Morgan fingerprint density at radius 3 is 2.94 bits per heavy atom. The van der Waals surface area contributed by atoms with Crippen LogP contribution in [0.15, 0.2) is 18.2 Å². The van der Waals surface area contributed by atoms with Gasteiger partial charge in [-0.2, -0.15) is 0 Å². The van der Waals surface area contributed by atoms with Crippen molar-refractivity contribution in [1.29, 1.82) is 0 Å². The Hall–Kier alpha value is -1.22. The fraction of sp³-hybridized carbons (Fsp3) is 0.417. The number of halogens is 1. The van der Waals surface area contributed by atoms with Gasteiger partial charge in [-0.1, -0.05) is 24.9 Å². The average molecular weight is 239 g/mol. The van der Waals surface area contributed by atoms with Crippen LogP contribution in [0.2, 0.25) is 5.02 Å². The normalized spacial score (nSPS) is 22.9. The summed E-state index contributed by atoms with van der Waals surface area (Å²) < 4.78 is 0. The maximum Gasteiger partial charge on any atom is 0.253 e. The first-order valence-corrected chi connectivity index (χ1v) is 5.85. The lowest BCUT2D eigenvalue weighted by Crippen LogP contribution is -2.27. The van der Waals surface area contributed by atoms with Crippen LogP contribution in [0.1, 0.15) is 30.1 Å². The number of hydrogen-bond donors (Lipinski definition) is 2. The molecule has 3 N–H and O–H groups in total. The van der Waals surface area contributed by atoms with Crippen molar-refractivity contribution in [2.45, 2.75) is 25.8 Å². The van der Waals surface area contributed by atoms with Crippen LogP contribution in [0.25, 0.3) is 0 Å². The zero-order valence-electron chi connectivity index (χ0n) is 9.16. The first-order valence-electron chi connectivity index (χ1n) is 5.47. The van der Waals surface area contributed by atoms with Crippen LogP contribution >= 0.6 is 11.6 Å². The van der Waals surface area contributed by atoms with E-state index in [4.69, 9.17) is 17.3 Å². The van der Waals surface area contributed by atoms with Crippen LogP contribution in [0.3, 0.4) is 0 Å². The Morgan fingerprint density at radius 2 is 2.38 bits per heavy atom. The van der Waals surface area contributed by atoms with Gasteiger partial charge < -0.3 is 11.1 Å². The molecular formula is C12H15ClN2O. The van der Waals surface area contributed by atoms with E-state index in [9.17, 15) is 4.79 Å². The number of nitrogen functional groups attached to an aromatic ring is 1. The van der Waals surface area contributed by atoms with Gasteiger partial charge in [-0.15, -0.1) is 0 Å². The van der Waals surface area contributed by atoms with Gasteiger partial charge in [0, 0.05) is 11.7 Å². The summed E-state index contributed by atoms with van der Waals surface area (Å²) in [5, 5.41) is 3.38. The van der Waals surface area contributed by atoms with E-state index in [-0.39, 0.29) is 5.91 Å². The molecule has 0 aromatic heterocycles. The Kier molecular flexibility index (Phi) is 3.06. The zero-order chi connectivity index (χ0) is 11.7. The van der Waals surface area contributed by atoms with Crippen LogP contribution in [0, 0.1) is 5.92 Å². The van der Waals surface area contributed by atoms with Gasteiger partial charge >= 0.3 is 0 Å². The standard InChI is InChI=1S/C12H15ClN2O/c1-2-7-5-11(7)15-12(16)9-4-3-8(14)6-10(9)13/h3-4,6-7,11H,2,5,14H2,1H3,(H,15,16). The van der Waals surface area contributed by atoms with E-state index in [0.717, 1.165) is 12.8 Å². The Balaban J connectivity index is 2.04. The Bertz CT molecular complexity index is 419. The molecule has 1 fully saturated rings. The molecule has 2 atom stereocenters. The quantitative estimate of drug-likeness (QED) is 0.795. The number of nitrogens with one attached hydrogen (secondary N) is 1. The van der Waals surface area contributed by atoms with Crippen molar-refractivity contribution in [3.8, 4) is 0 Å². The molecule has 86 valence electrons. The number of carbonyl (C=O) groups is 1. The number of hydrogen-bond acceptors (Lipinski definition) is 2. The number of amides is 1. The number of rotatable bonds is 3. The van der Waals surface area contributed by atoms with Crippen molar-refractivity contribution in [2.24, 2.45) is 5.92 Å². The molecule has 0 radical (unpaired) electrons.